The van der Waals surface area contributed by atoms with Crippen LogP contribution in [0.1, 0.15) is 11.1 Å². The lowest BCUT2D eigenvalue weighted by molar-refractivity contribution is 0.499. The number of aryl methyl sites for hydroxylation is 1. The molecule has 0 aliphatic carbocycles. The fourth-order valence-electron chi connectivity index (χ4n) is 1.45. The van der Waals surface area contributed by atoms with Crippen molar-refractivity contribution < 1.29 is 9.05 Å². The maximum absolute atomic E-state index is 7.81. The summed E-state index contributed by atoms with van der Waals surface area (Å²) in [5.41, 5.74) is 2.33. The summed E-state index contributed by atoms with van der Waals surface area (Å²) < 4.78 is 10.9. The SMILES string of the molecule is Cc1ccc(O[P+](=N)Oc2ccc(CBr)cc2)cc1. The molecule has 0 saturated heterocycles. The van der Waals surface area contributed by atoms with E-state index < -0.39 is 8.17 Å². The molecule has 1 atom stereocenters. The van der Waals surface area contributed by atoms with Gasteiger partial charge in [-0.3, -0.25) is 0 Å². The average molecular weight is 339 g/mol. The first kappa shape index (κ1) is 14.0. The molecule has 2 rings (SSSR count). The molecule has 0 aliphatic heterocycles. The molecule has 1 unspecified atom stereocenters. The molecule has 0 radical (unpaired) electrons. The smallest absolute Gasteiger partial charge is 0.236 e. The van der Waals surface area contributed by atoms with E-state index in [0.717, 1.165) is 10.9 Å². The van der Waals surface area contributed by atoms with Crippen molar-refractivity contribution in [3.05, 3.63) is 59.7 Å². The third-order valence-corrected chi connectivity index (χ3v) is 3.88. The highest BCUT2D eigenvalue weighted by Crippen LogP contribution is 2.31. The lowest BCUT2D eigenvalue weighted by Crippen LogP contribution is -1.89. The van der Waals surface area contributed by atoms with Gasteiger partial charge in [-0.2, -0.15) is 0 Å². The molecule has 3 nitrogen and oxygen atoms in total. The molecule has 0 bridgehead atoms. The molecule has 2 aromatic rings. The van der Waals surface area contributed by atoms with E-state index in [2.05, 4.69) is 15.9 Å². The summed E-state index contributed by atoms with van der Waals surface area (Å²) in [6.07, 6.45) is 0. The third kappa shape index (κ3) is 4.34. The van der Waals surface area contributed by atoms with E-state index in [1.54, 1.807) is 0 Å². The van der Waals surface area contributed by atoms with Crippen LogP contribution in [0.4, 0.5) is 0 Å². The molecule has 0 amide bonds. The second kappa shape index (κ2) is 6.69. The molecule has 2 aromatic carbocycles. The Morgan fingerprint density at radius 2 is 1.42 bits per heavy atom. The Kier molecular flexibility index (Phi) is 4.94. The van der Waals surface area contributed by atoms with Crippen LogP contribution < -0.4 is 9.05 Å². The Balaban J connectivity index is 1.95. The van der Waals surface area contributed by atoms with Crippen molar-refractivity contribution in [2.45, 2.75) is 12.3 Å². The Hall–Kier alpha value is -1.38. The molecule has 0 spiro atoms. The number of nitrogens with one attached hydrogen (secondary N) is 1. The van der Waals surface area contributed by atoms with Gasteiger partial charge in [0.25, 0.3) is 0 Å². The van der Waals surface area contributed by atoms with Gasteiger partial charge in [-0.25, -0.2) is 9.05 Å². The Bertz CT molecular complexity index is 555. The van der Waals surface area contributed by atoms with Gasteiger partial charge in [-0.05, 0) is 41.9 Å². The average Bonchev–Trinajstić information content (AvgIpc) is 2.42. The van der Waals surface area contributed by atoms with E-state index in [1.807, 2.05) is 55.5 Å². The van der Waals surface area contributed by atoms with E-state index in [1.165, 1.54) is 5.56 Å². The molecule has 0 aromatic heterocycles. The minimum Gasteiger partial charge on any atom is -0.236 e. The predicted octanol–water partition coefficient (Wildman–Crippen LogP) is 5.42. The van der Waals surface area contributed by atoms with Gasteiger partial charge in [0.1, 0.15) is 0 Å². The standard InChI is InChI=1S/C14H14BrNO2P/c1-11-2-6-13(7-3-11)17-19(16)18-14-8-4-12(10-15)5-9-14/h2-9,16H,10H2,1H3/q+1. The van der Waals surface area contributed by atoms with Crippen molar-refractivity contribution in [3.63, 3.8) is 0 Å². The number of hydrogen-bond acceptors (Lipinski definition) is 3. The normalized spacial score (nSPS) is 10.9. The maximum atomic E-state index is 7.81. The highest BCUT2D eigenvalue weighted by atomic mass is 79.9. The number of hydrogen-bond donors (Lipinski definition) is 1. The lowest BCUT2D eigenvalue weighted by atomic mass is 10.2. The van der Waals surface area contributed by atoms with Gasteiger partial charge < -0.3 is 0 Å². The maximum Gasteiger partial charge on any atom is 0.664 e. The topological polar surface area (TPSA) is 42.3 Å². The van der Waals surface area contributed by atoms with Gasteiger partial charge in [-0.1, -0.05) is 45.8 Å². The second-order valence-electron chi connectivity index (χ2n) is 4.03. The van der Waals surface area contributed by atoms with E-state index in [0.29, 0.717) is 11.5 Å². The van der Waals surface area contributed by atoms with Gasteiger partial charge in [-0.15, -0.1) is 0 Å². The monoisotopic (exact) mass is 338 g/mol. The summed E-state index contributed by atoms with van der Waals surface area (Å²) >= 11 is 3.38. The van der Waals surface area contributed by atoms with E-state index in [4.69, 9.17) is 14.2 Å². The van der Waals surface area contributed by atoms with Gasteiger partial charge in [0, 0.05) is 5.33 Å². The molecular weight excluding hydrogens is 325 g/mol. The molecule has 0 aliphatic rings. The Labute approximate surface area is 122 Å². The summed E-state index contributed by atoms with van der Waals surface area (Å²) in [5, 5.41) is 8.62. The predicted molar refractivity (Wildman–Crippen MR) is 81.1 cm³/mol. The zero-order valence-electron chi connectivity index (χ0n) is 10.5. The van der Waals surface area contributed by atoms with Crippen LogP contribution in [-0.4, -0.2) is 0 Å². The van der Waals surface area contributed by atoms with Crippen molar-refractivity contribution >= 4 is 24.1 Å². The van der Waals surface area contributed by atoms with Gasteiger partial charge >= 0.3 is 8.17 Å². The fourth-order valence-corrected chi connectivity index (χ4v) is 2.49. The summed E-state index contributed by atoms with van der Waals surface area (Å²) in [5.74, 6) is 1.31. The molecule has 0 fully saturated rings. The minimum absolute atomic E-state index is 0.651. The number of halogens is 1. The van der Waals surface area contributed by atoms with Crippen LogP contribution >= 0.6 is 24.1 Å². The minimum atomic E-state index is -1.72. The van der Waals surface area contributed by atoms with Crippen LogP contribution in [-0.2, 0) is 5.33 Å². The van der Waals surface area contributed by atoms with Crippen LogP contribution in [0.15, 0.2) is 48.5 Å². The second-order valence-corrected chi connectivity index (χ2v) is 5.47. The van der Waals surface area contributed by atoms with Crippen molar-refractivity contribution in [3.8, 4) is 11.5 Å². The summed E-state index contributed by atoms with van der Waals surface area (Å²) in [6.45, 7) is 2.01. The summed E-state index contributed by atoms with van der Waals surface area (Å²) in [6, 6.07) is 15.2. The van der Waals surface area contributed by atoms with Crippen molar-refractivity contribution in [2.75, 3.05) is 0 Å². The first-order valence-electron chi connectivity index (χ1n) is 5.76. The Morgan fingerprint density at radius 1 is 0.947 bits per heavy atom. The molecule has 0 heterocycles. The fraction of sp³-hybridized carbons (Fsp3) is 0.143. The third-order valence-electron chi connectivity index (χ3n) is 2.48. The van der Waals surface area contributed by atoms with Gasteiger partial charge in [0.2, 0.25) is 0 Å². The van der Waals surface area contributed by atoms with Crippen LogP contribution in [0.5, 0.6) is 11.5 Å². The zero-order chi connectivity index (χ0) is 13.7. The number of alkyl halides is 1. The molecular formula is C14H14BrNO2P+. The molecule has 0 saturated carbocycles. The first-order chi connectivity index (χ1) is 9.17. The number of rotatable bonds is 5. The molecule has 98 valence electrons. The van der Waals surface area contributed by atoms with Crippen LogP contribution in [0.2, 0.25) is 0 Å². The van der Waals surface area contributed by atoms with Crippen LogP contribution in [0, 0.1) is 12.1 Å². The van der Waals surface area contributed by atoms with Crippen molar-refractivity contribution in [1.29, 1.82) is 5.16 Å². The first-order valence-corrected chi connectivity index (χ1v) is 8.06. The van der Waals surface area contributed by atoms with Gasteiger partial charge in [0.15, 0.2) is 11.5 Å². The lowest BCUT2D eigenvalue weighted by Gasteiger charge is -1.98. The number of benzene rings is 2. The Morgan fingerprint density at radius 3 is 1.89 bits per heavy atom. The van der Waals surface area contributed by atoms with Crippen LogP contribution in [0.25, 0.3) is 0 Å². The van der Waals surface area contributed by atoms with E-state index in [-0.39, 0.29) is 0 Å². The van der Waals surface area contributed by atoms with E-state index in [9.17, 15) is 0 Å². The molecule has 19 heavy (non-hydrogen) atoms. The highest BCUT2D eigenvalue weighted by Gasteiger charge is 2.17. The van der Waals surface area contributed by atoms with Crippen molar-refractivity contribution in [1.82, 2.24) is 0 Å². The van der Waals surface area contributed by atoms with Crippen molar-refractivity contribution in [2.24, 2.45) is 0 Å². The quantitative estimate of drug-likeness (QED) is 0.584. The summed E-state index contributed by atoms with van der Waals surface area (Å²) in [4.78, 5) is 0. The highest BCUT2D eigenvalue weighted by molar-refractivity contribution is 9.08. The zero-order valence-corrected chi connectivity index (χ0v) is 12.9. The van der Waals surface area contributed by atoms with E-state index >= 15 is 0 Å². The van der Waals surface area contributed by atoms with Gasteiger partial charge in [0.05, 0.1) is 0 Å². The molecule has 1 N–H and O–H groups in total. The largest absolute Gasteiger partial charge is 0.664 e. The van der Waals surface area contributed by atoms with Crippen LogP contribution in [0.3, 0.4) is 0 Å². The molecule has 5 heteroatoms. The summed E-state index contributed by atoms with van der Waals surface area (Å²) in [7, 11) is -1.72.